The van der Waals surface area contributed by atoms with Gasteiger partial charge in [-0.15, -0.1) is 0 Å². The molecule has 194 valence electrons. The summed E-state index contributed by atoms with van der Waals surface area (Å²) in [4.78, 5) is 19.3. The lowest BCUT2D eigenvalue weighted by Crippen LogP contribution is -2.39. The number of nitrogens with zero attached hydrogens (tertiary/aromatic N) is 5. The highest BCUT2D eigenvalue weighted by atomic mass is 16.5. The van der Waals surface area contributed by atoms with Crippen LogP contribution in [0, 0.1) is 0 Å². The maximum atomic E-state index is 9.74. The number of aliphatic hydroxyl groups is 1. The summed E-state index contributed by atoms with van der Waals surface area (Å²) in [6.45, 7) is 8.33. The van der Waals surface area contributed by atoms with Crippen LogP contribution in [0.15, 0.2) is 30.3 Å². The zero-order valence-electron chi connectivity index (χ0n) is 21.7. The van der Waals surface area contributed by atoms with Gasteiger partial charge in [0.05, 0.1) is 38.0 Å². The number of methoxy groups -OCH3 is 1. The number of morpholine rings is 1. The number of ether oxygens (including phenoxy) is 3. The minimum absolute atomic E-state index is 0.103. The molecule has 0 saturated carbocycles. The monoisotopic (exact) mass is 495 g/mol. The molecule has 0 bridgehead atoms. The second kappa shape index (κ2) is 12.3. The third-order valence-corrected chi connectivity index (χ3v) is 6.64. The van der Waals surface area contributed by atoms with Crippen LogP contribution in [0.3, 0.4) is 0 Å². The maximum Gasteiger partial charge on any atom is 0.229 e. The number of aliphatic hydroxyl groups excluding tert-OH is 1. The average molecular weight is 496 g/mol. The Bertz CT molecular complexity index is 1150. The summed E-state index contributed by atoms with van der Waals surface area (Å²) in [6, 6.07) is 10.1. The Hall–Kier alpha value is -3.01. The van der Waals surface area contributed by atoms with Gasteiger partial charge in [-0.25, -0.2) is 4.98 Å². The quantitative estimate of drug-likeness (QED) is 0.550. The number of rotatable bonds is 6. The molecule has 5 rings (SSSR count). The van der Waals surface area contributed by atoms with Crippen LogP contribution in [0.25, 0.3) is 22.3 Å². The van der Waals surface area contributed by atoms with Gasteiger partial charge in [0.25, 0.3) is 0 Å². The normalized spacial score (nSPS) is 16.4. The third-order valence-electron chi connectivity index (χ3n) is 6.64. The Kier molecular flexibility index (Phi) is 8.90. The molecule has 0 amide bonds. The lowest BCUT2D eigenvalue weighted by Gasteiger charge is -2.33. The topological polar surface area (TPSA) is 93.1 Å². The first-order valence-corrected chi connectivity index (χ1v) is 12.8. The molecule has 1 N–H and O–H groups in total. The molecule has 4 heterocycles. The molecular formula is C27H37N5O4. The van der Waals surface area contributed by atoms with E-state index in [0.29, 0.717) is 36.6 Å². The molecule has 2 aromatic heterocycles. The van der Waals surface area contributed by atoms with Crippen LogP contribution in [-0.2, 0) is 16.1 Å². The van der Waals surface area contributed by atoms with Gasteiger partial charge >= 0.3 is 0 Å². The fourth-order valence-corrected chi connectivity index (χ4v) is 4.61. The third kappa shape index (κ3) is 5.53. The lowest BCUT2D eigenvalue weighted by molar-refractivity contribution is 0.0852. The highest BCUT2D eigenvalue weighted by Gasteiger charge is 2.24. The Labute approximate surface area is 213 Å². The molecule has 2 aliphatic rings. The van der Waals surface area contributed by atoms with Crippen LogP contribution in [0.1, 0.15) is 32.3 Å². The van der Waals surface area contributed by atoms with Gasteiger partial charge in [0, 0.05) is 50.5 Å². The van der Waals surface area contributed by atoms with Gasteiger partial charge in [0.15, 0.2) is 5.65 Å². The Morgan fingerprint density at radius 2 is 1.72 bits per heavy atom. The molecular weight excluding hydrogens is 458 g/mol. The average Bonchev–Trinajstić information content (AvgIpc) is 2.97. The number of hydrogen-bond acceptors (Lipinski definition) is 9. The first kappa shape index (κ1) is 26.1. The van der Waals surface area contributed by atoms with Crippen molar-refractivity contribution < 1.29 is 19.3 Å². The molecule has 2 saturated heterocycles. The van der Waals surface area contributed by atoms with E-state index in [1.807, 2.05) is 44.2 Å². The Balaban J connectivity index is 0.00000148. The first-order valence-electron chi connectivity index (χ1n) is 12.8. The van der Waals surface area contributed by atoms with Gasteiger partial charge in [-0.1, -0.05) is 13.8 Å². The number of pyridine rings is 1. The van der Waals surface area contributed by atoms with E-state index in [1.54, 1.807) is 7.11 Å². The molecule has 2 aliphatic heterocycles. The molecule has 0 unspecified atom stereocenters. The Morgan fingerprint density at radius 1 is 1.00 bits per heavy atom. The molecule has 2 fully saturated rings. The van der Waals surface area contributed by atoms with Crippen LogP contribution in [0.2, 0.25) is 0 Å². The number of hydrogen-bond donors (Lipinski definition) is 1. The standard InChI is InChI=1S/C25H31N5O4.C2H6/c1-29(19-7-11-33-12-8-19)25-27-23-20(24(28-25)30-9-13-34-14-10-30)4-5-21(26-23)17-3-6-22(32-2)18(15-17)16-31;1-2/h3-6,15,19,31H,7-14,16H2,1-2H3;1-2H3. The zero-order chi connectivity index (χ0) is 25.5. The van der Waals surface area contributed by atoms with Gasteiger partial charge < -0.3 is 29.1 Å². The van der Waals surface area contributed by atoms with E-state index in [2.05, 4.69) is 16.8 Å². The SMILES string of the molecule is CC.COc1ccc(-c2ccc3c(N4CCOCC4)nc(N(C)C4CCOCC4)nc3n2)cc1CO. The van der Waals surface area contributed by atoms with E-state index in [1.165, 1.54) is 0 Å². The number of fused-ring (bicyclic) bond motifs is 1. The van der Waals surface area contributed by atoms with Crippen LogP contribution in [0.4, 0.5) is 11.8 Å². The smallest absolute Gasteiger partial charge is 0.229 e. The minimum atomic E-state index is -0.103. The van der Waals surface area contributed by atoms with Crippen molar-refractivity contribution in [2.24, 2.45) is 0 Å². The summed E-state index contributed by atoms with van der Waals surface area (Å²) in [5.74, 6) is 2.23. The second-order valence-electron chi connectivity index (χ2n) is 8.65. The van der Waals surface area contributed by atoms with E-state index >= 15 is 0 Å². The molecule has 0 atom stereocenters. The van der Waals surface area contributed by atoms with Crippen molar-refractivity contribution in [3.8, 4) is 17.0 Å². The van der Waals surface area contributed by atoms with Crippen LogP contribution in [-0.4, -0.2) is 79.8 Å². The van der Waals surface area contributed by atoms with Gasteiger partial charge in [-0.2, -0.15) is 9.97 Å². The molecule has 0 radical (unpaired) electrons. The second-order valence-corrected chi connectivity index (χ2v) is 8.65. The predicted molar refractivity (Wildman–Crippen MR) is 142 cm³/mol. The van der Waals surface area contributed by atoms with Crippen molar-refractivity contribution in [2.45, 2.75) is 39.3 Å². The van der Waals surface area contributed by atoms with Crippen molar-refractivity contribution in [1.82, 2.24) is 15.0 Å². The summed E-state index contributed by atoms with van der Waals surface area (Å²) >= 11 is 0. The van der Waals surface area contributed by atoms with E-state index in [4.69, 9.17) is 29.2 Å². The number of aromatic nitrogens is 3. The molecule has 1 aromatic carbocycles. The summed E-state index contributed by atoms with van der Waals surface area (Å²) in [5, 5.41) is 10.7. The van der Waals surface area contributed by atoms with E-state index < -0.39 is 0 Å². The van der Waals surface area contributed by atoms with Crippen molar-refractivity contribution in [1.29, 1.82) is 0 Å². The summed E-state index contributed by atoms with van der Waals surface area (Å²) in [6.07, 6.45) is 1.90. The van der Waals surface area contributed by atoms with Gasteiger partial charge in [-0.05, 0) is 43.2 Å². The summed E-state index contributed by atoms with van der Waals surface area (Å²) in [7, 11) is 3.66. The molecule has 9 nitrogen and oxygen atoms in total. The maximum absolute atomic E-state index is 9.74. The fraction of sp³-hybridized carbons (Fsp3) is 0.519. The van der Waals surface area contributed by atoms with Crippen molar-refractivity contribution in [2.75, 3.05) is 63.5 Å². The number of benzene rings is 1. The van der Waals surface area contributed by atoms with Crippen LogP contribution >= 0.6 is 0 Å². The zero-order valence-corrected chi connectivity index (χ0v) is 21.7. The molecule has 9 heteroatoms. The fourth-order valence-electron chi connectivity index (χ4n) is 4.61. The largest absolute Gasteiger partial charge is 0.496 e. The van der Waals surface area contributed by atoms with Gasteiger partial charge in [0.1, 0.15) is 11.6 Å². The first-order chi connectivity index (χ1) is 17.7. The van der Waals surface area contributed by atoms with Crippen molar-refractivity contribution in [3.05, 3.63) is 35.9 Å². The summed E-state index contributed by atoms with van der Waals surface area (Å²) < 4.78 is 16.5. The van der Waals surface area contributed by atoms with Crippen LogP contribution < -0.4 is 14.5 Å². The van der Waals surface area contributed by atoms with Gasteiger partial charge in [0.2, 0.25) is 5.95 Å². The van der Waals surface area contributed by atoms with Crippen molar-refractivity contribution in [3.63, 3.8) is 0 Å². The van der Waals surface area contributed by atoms with E-state index in [9.17, 15) is 5.11 Å². The highest BCUT2D eigenvalue weighted by Crippen LogP contribution is 2.31. The van der Waals surface area contributed by atoms with E-state index in [0.717, 1.165) is 67.2 Å². The highest BCUT2D eigenvalue weighted by molar-refractivity contribution is 5.90. The molecule has 0 aliphatic carbocycles. The van der Waals surface area contributed by atoms with Gasteiger partial charge in [-0.3, -0.25) is 0 Å². The Morgan fingerprint density at radius 3 is 2.42 bits per heavy atom. The van der Waals surface area contributed by atoms with Crippen molar-refractivity contribution >= 4 is 22.8 Å². The lowest BCUT2D eigenvalue weighted by atomic mass is 10.1. The molecule has 36 heavy (non-hydrogen) atoms. The minimum Gasteiger partial charge on any atom is -0.496 e. The number of anilines is 2. The predicted octanol–water partition coefficient (Wildman–Crippen LogP) is 3.67. The molecule has 3 aromatic rings. The summed E-state index contributed by atoms with van der Waals surface area (Å²) in [5.41, 5.74) is 3.07. The van der Waals surface area contributed by atoms with Crippen LogP contribution in [0.5, 0.6) is 5.75 Å². The van der Waals surface area contributed by atoms with E-state index in [-0.39, 0.29) is 6.61 Å². The molecule has 0 spiro atoms.